The molecule has 6 rings (SSSR count). The third kappa shape index (κ3) is 20.3. The maximum atomic E-state index is 2.99. The number of allylic oxidation sites excluding steroid dienone is 8. The predicted molar refractivity (Wildman–Crippen MR) is 214 cm³/mol. The van der Waals surface area contributed by atoms with Crippen molar-refractivity contribution in [3.63, 3.8) is 0 Å². The maximum absolute atomic E-state index is 2.99. The Labute approximate surface area is 359 Å². The Hall–Kier alpha value is -0.174. The van der Waals surface area contributed by atoms with Gasteiger partial charge in [-0.15, -0.1) is 93.5 Å². The van der Waals surface area contributed by atoms with Crippen molar-refractivity contribution < 1.29 is 77.2 Å². The summed E-state index contributed by atoms with van der Waals surface area (Å²) in [7, 11) is 0.0370. The molecule has 0 aliphatic heterocycles. The van der Waals surface area contributed by atoms with Crippen LogP contribution in [-0.2, 0) is 52.4 Å². The van der Waals surface area contributed by atoms with Crippen LogP contribution in [-0.4, -0.2) is 24.6 Å². The van der Waals surface area contributed by atoms with Crippen LogP contribution in [0.15, 0.2) is 109 Å². The Morgan fingerprint density at radius 2 is 0.860 bits per heavy atom. The monoisotopic (exact) mass is 898 g/mol. The van der Waals surface area contributed by atoms with Crippen LogP contribution >= 0.6 is 15.8 Å². The van der Waals surface area contributed by atoms with Crippen molar-refractivity contribution in [3.8, 4) is 0 Å². The number of rotatable bonds is 10. The molecule has 0 fully saturated rings. The topological polar surface area (TPSA) is 0 Å². The minimum Gasteiger partial charge on any atom is -1.00 e. The second kappa shape index (κ2) is 29.2. The van der Waals surface area contributed by atoms with Crippen LogP contribution in [0.4, 0.5) is 0 Å². The minimum atomic E-state index is 0. The van der Waals surface area contributed by atoms with Gasteiger partial charge in [-0.3, -0.25) is 12.2 Å². The van der Waals surface area contributed by atoms with Crippen LogP contribution in [0.1, 0.15) is 68.2 Å². The average Bonchev–Trinajstić information content (AvgIpc) is 3.84. The van der Waals surface area contributed by atoms with Gasteiger partial charge in [0.1, 0.15) is 0 Å². The zero-order valence-electron chi connectivity index (χ0n) is 31.6. The van der Waals surface area contributed by atoms with Gasteiger partial charge in [0.2, 0.25) is 0 Å². The van der Waals surface area contributed by atoms with Gasteiger partial charge >= 0.3 is 52.4 Å². The van der Waals surface area contributed by atoms with E-state index in [1.165, 1.54) is 46.2 Å². The molecule has 6 heteroatoms. The number of halogens is 2. The van der Waals surface area contributed by atoms with Crippen molar-refractivity contribution in [2.45, 2.75) is 68.2 Å². The van der Waals surface area contributed by atoms with E-state index >= 15 is 0 Å². The molecule has 4 aromatic rings. The number of benzene rings is 2. The quantitative estimate of drug-likeness (QED) is 0.125. The minimum absolute atomic E-state index is 0. The van der Waals surface area contributed by atoms with Gasteiger partial charge < -0.3 is 24.8 Å². The second-order valence-electron chi connectivity index (χ2n) is 14.1. The van der Waals surface area contributed by atoms with E-state index in [0.717, 1.165) is 36.5 Å². The fourth-order valence-electron chi connectivity index (χ4n) is 5.65. The van der Waals surface area contributed by atoms with E-state index in [4.69, 9.17) is 0 Å². The smallest absolute Gasteiger partial charge is 1.00 e. The van der Waals surface area contributed by atoms with Gasteiger partial charge in [-0.1, -0.05) is 83.4 Å². The third-order valence-corrected chi connectivity index (χ3v) is 14.1. The first kappa shape index (κ1) is 51.9. The first-order valence-corrected chi connectivity index (χ1v) is 20.8. The van der Waals surface area contributed by atoms with Crippen molar-refractivity contribution in [2.24, 2.45) is 23.7 Å². The fraction of sp³-hybridized carbons (Fsp3) is 0.409. The van der Waals surface area contributed by atoms with Crippen LogP contribution in [0.5, 0.6) is 0 Å². The largest absolute Gasteiger partial charge is 2.00 e. The molecule has 2 aliphatic carbocycles. The Bertz CT molecular complexity index is 1320. The molecule has 0 heterocycles. The van der Waals surface area contributed by atoms with Crippen LogP contribution in [0.25, 0.3) is 21.5 Å². The second-order valence-corrected chi connectivity index (χ2v) is 18.7. The Morgan fingerprint density at radius 3 is 1.08 bits per heavy atom. The zero-order chi connectivity index (χ0) is 33.3. The number of hydrogen-bond donors (Lipinski definition) is 0. The molecule has 0 radical (unpaired) electrons. The summed E-state index contributed by atoms with van der Waals surface area (Å²) in [5, 5.41) is 8.85. The molecule has 2 aliphatic rings. The molecule has 4 aromatic carbocycles. The molecule has 0 unspecified atom stereocenters. The number of fused-ring (bicyclic) bond motifs is 2. The number of hydrogen-bond acceptors (Lipinski definition) is 0. The molecule has 0 atom stereocenters. The van der Waals surface area contributed by atoms with Gasteiger partial charge in [0, 0.05) is 0 Å². The maximum Gasteiger partial charge on any atom is 2.00 e. The van der Waals surface area contributed by atoms with Gasteiger partial charge in [-0.25, -0.2) is 24.3 Å². The summed E-state index contributed by atoms with van der Waals surface area (Å²) in [6.45, 7) is 18.8. The van der Waals surface area contributed by atoms with Crippen molar-refractivity contribution in [1.82, 2.24) is 0 Å². The summed E-state index contributed by atoms with van der Waals surface area (Å²) in [4.78, 5) is 0. The van der Waals surface area contributed by atoms with Crippen LogP contribution < -0.4 is 35.4 Å². The van der Waals surface area contributed by atoms with E-state index in [-0.39, 0.29) is 93.1 Å². The molecule has 0 nitrogen and oxygen atoms in total. The average molecular weight is 902 g/mol. The van der Waals surface area contributed by atoms with Crippen molar-refractivity contribution in [3.05, 3.63) is 121 Å². The molecule has 0 bridgehead atoms. The van der Waals surface area contributed by atoms with E-state index in [2.05, 4.69) is 152 Å². The van der Waals surface area contributed by atoms with Gasteiger partial charge in [0.15, 0.2) is 0 Å². The normalized spacial score (nSPS) is 12.3. The Balaban J connectivity index is 0. The molecule has 0 saturated heterocycles. The Morgan fingerprint density at radius 1 is 0.540 bits per heavy atom. The Kier molecular flexibility index (Phi) is 30.3. The van der Waals surface area contributed by atoms with E-state index in [1.807, 2.05) is 24.3 Å². The summed E-state index contributed by atoms with van der Waals surface area (Å²) in [5.74, 6) is 3.20. The van der Waals surface area contributed by atoms with Gasteiger partial charge in [-0.2, -0.15) is 24.3 Å². The summed E-state index contributed by atoms with van der Waals surface area (Å²) in [6, 6.07) is 27.2. The summed E-state index contributed by atoms with van der Waals surface area (Å²) >= 11 is 0. The SMILES string of the molecule is CC(C)CP(CC(C)C)c1cc2ccccc2[cH-]1.CC(C)CP(CC(C)C)c1cc2ccccc2[cH-]1.[C-]1=CC=CC1.[C-]1=CC=CC1.[Cl-].[Cl-].[Zr+2].[Zr+2]. The molecule has 0 spiro atoms. The third-order valence-electron chi connectivity index (χ3n) is 7.45. The fourth-order valence-corrected chi connectivity index (χ4v) is 11.6. The predicted octanol–water partition coefficient (Wildman–Crippen LogP) is 6.57. The molecule has 0 saturated carbocycles. The molecular formula is C44H58Cl2P2Zr2-2. The first-order valence-electron chi connectivity index (χ1n) is 17.4. The molecule has 0 amide bonds. The molecular weight excluding hydrogens is 844 g/mol. The summed E-state index contributed by atoms with van der Waals surface area (Å²) < 4.78 is 0. The summed E-state index contributed by atoms with van der Waals surface area (Å²) in [5.41, 5.74) is 0. The van der Waals surface area contributed by atoms with Crippen molar-refractivity contribution in [1.29, 1.82) is 0 Å². The molecule has 0 N–H and O–H groups in total. The van der Waals surface area contributed by atoms with Crippen molar-refractivity contribution in [2.75, 3.05) is 24.6 Å². The van der Waals surface area contributed by atoms with Gasteiger partial charge in [0.05, 0.1) is 0 Å². The molecule has 0 aromatic heterocycles. The van der Waals surface area contributed by atoms with Crippen LogP contribution in [0.3, 0.4) is 0 Å². The van der Waals surface area contributed by atoms with E-state index in [0.29, 0.717) is 0 Å². The standard InChI is InChI=1S/2C17H24P.2C5H5.2ClH.2Zr/c2*1-13(2)11-18(12-14(3)4)17-9-15-7-5-6-8-16(15)10-17;2*1-2-4-5-3-1;;;;/h2*5-10,13-14H,11-12H2,1-4H3;2*1-3H,4H2;2*1H;;/q4*-1;;;2*+2/p-2. The first-order chi connectivity index (χ1) is 22.1. The van der Waals surface area contributed by atoms with Gasteiger partial charge in [-0.05, 0) is 48.3 Å². The van der Waals surface area contributed by atoms with E-state index < -0.39 is 0 Å². The van der Waals surface area contributed by atoms with E-state index in [9.17, 15) is 0 Å². The zero-order valence-corrected chi connectivity index (χ0v) is 39.8. The van der Waals surface area contributed by atoms with Gasteiger partial charge in [0.25, 0.3) is 0 Å². The van der Waals surface area contributed by atoms with Crippen LogP contribution in [0.2, 0.25) is 0 Å². The van der Waals surface area contributed by atoms with Crippen molar-refractivity contribution >= 4 is 48.0 Å². The molecule has 268 valence electrons. The molecule has 50 heavy (non-hydrogen) atoms. The summed E-state index contributed by atoms with van der Waals surface area (Å²) in [6.07, 6.45) is 25.5. The van der Waals surface area contributed by atoms with E-state index in [1.54, 1.807) is 10.6 Å². The van der Waals surface area contributed by atoms with Crippen LogP contribution in [0, 0.1) is 35.8 Å².